The number of aromatic nitrogens is 1. The third-order valence-electron chi connectivity index (χ3n) is 3.47. The summed E-state index contributed by atoms with van der Waals surface area (Å²) >= 11 is 1.53. The fraction of sp³-hybridized carbons (Fsp3) is 0.368. The molecule has 2 aromatic rings. The van der Waals surface area contributed by atoms with Crippen molar-refractivity contribution in [3.05, 3.63) is 51.5 Å². The quantitative estimate of drug-likeness (QED) is 0.390. The lowest BCUT2D eigenvalue weighted by Gasteiger charge is -2.13. The van der Waals surface area contributed by atoms with Gasteiger partial charge < -0.3 is 14.3 Å². The summed E-state index contributed by atoms with van der Waals surface area (Å²) in [4.78, 5) is 9.30. The van der Waals surface area contributed by atoms with E-state index in [4.69, 9.17) is 14.3 Å². The molecule has 25 heavy (non-hydrogen) atoms. The zero-order valence-electron chi connectivity index (χ0n) is 15.3. The van der Waals surface area contributed by atoms with Gasteiger partial charge in [-0.1, -0.05) is 17.3 Å². The average molecular weight is 360 g/mol. The van der Waals surface area contributed by atoms with E-state index in [1.54, 1.807) is 0 Å². The van der Waals surface area contributed by atoms with Crippen LogP contribution in [0.3, 0.4) is 0 Å². The van der Waals surface area contributed by atoms with E-state index >= 15 is 0 Å². The van der Waals surface area contributed by atoms with Gasteiger partial charge in [0.25, 0.3) is 0 Å². The largest absolute Gasteiger partial charge is 0.490 e. The molecule has 1 aromatic carbocycles. The Balaban J connectivity index is 2.04. The molecule has 0 aliphatic heterocycles. The highest BCUT2D eigenvalue weighted by Crippen LogP contribution is 2.29. The van der Waals surface area contributed by atoms with Crippen LogP contribution in [0.25, 0.3) is 0 Å². The van der Waals surface area contributed by atoms with Crippen LogP contribution in [-0.2, 0) is 11.4 Å². The second-order valence-electron chi connectivity index (χ2n) is 5.56. The predicted molar refractivity (Wildman–Crippen MR) is 102 cm³/mol. The first-order valence-corrected chi connectivity index (χ1v) is 8.93. The molecule has 0 spiro atoms. The molecule has 2 rings (SSSR count). The number of oxime groups is 1. The van der Waals surface area contributed by atoms with E-state index in [9.17, 15) is 0 Å². The topological polar surface area (TPSA) is 52.9 Å². The van der Waals surface area contributed by atoms with E-state index < -0.39 is 0 Å². The van der Waals surface area contributed by atoms with Gasteiger partial charge in [0.05, 0.1) is 5.69 Å². The first-order chi connectivity index (χ1) is 12.0. The van der Waals surface area contributed by atoms with Crippen molar-refractivity contribution in [1.82, 2.24) is 4.98 Å². The van der Waals surface area contributed by atoms with Gasteiger partial charge in [-0.25, -0.2) is 4.98 Å². The Bertz CT molecular complexity index is 743. The molecule has 0 amide bonds. The molecule has 0 N–H and O–H groups in total. The first kappa shape index (κ1) is 19.0. The Morgan fingerprint density at radius 2 is 1.96 bits per heavy atom. The minimum Gasteiger partial charge on any atom is -0.490 e. The molecule has 0 unspecified atom stereocenters. The Morgan fingerprint density at radius 1 is 1.24 bits per heavy atom. The molecule has 0 radical (unpaired) electrons. The van der Waals surface area contributed by atoms with E-state index in [-0.39, 0.29) is 0 Å². The summed E-state index contributed by atoms with van der Waals surface area (Å²) in [6, 6.07) is 3.99. The Hall–Kier alpha value is -2.34. The van der Waals surface area contributed by atoms with Crippen molar-refractivity contribution < 1.29 is 14.3 Å². The molecule has 0 atom stereocenters. The van der Waals surface area contributed by atoms with Gasteiger partial charge in [0.1, 0.15) is 42.5 Å². The van der Waals surface area contributed by atoms with Crippen molar-refractivity contribution in [2.24, 2.45) is 5.16 Å². The van der Waals surface area contributed by atoms with Crippen LogP contribution in [0.1, 0.15) is 35.7 Å². The van der Waals surface area contributed by atoms with Gasteiger partial charge in [0.2, 0.25) is 0 Å². The molecule has 0 fully saturated rings. The number of ether oxygens (including phenoxy) is 2. The lowest BCUT2D eigenvalue weighted by atomic mass is 10.1. The summed E-state index contributed by atoms with van der Waals surface area (Å²) < 4.78 is 11.7. The predicted octanol–water partition coefficient (Wildman–Crippen LogP) is 4.66. The molecular weight excluding hydrogens is 336 g/mol. The molecular formula is C19H24N2O3S. The molecule has 134 valence electrons. The Morgan fingerprint density at radius 3 is 2.60 bits per heavy atom. The highest BCUT2D eigenvalue weighted by molar-refractivity contribution is 7.11. The number of hydrogen-bond donors (Lipinski definition) is 0. The number of thiazole rings is 1. The van der Waals surface area contributed by atoms with Gasteiger partial charge in [0, 0.05) is 5.38 Å². The standard InChI is InChI=1S/C19H24N2O3S/c1-6-7-8-23-17-9-13(2)18(14(3)10-17)24-11-16-12-25-19(20-16)15(4)21-22-5/h6-7,9-10,12H,8,11H2,1-5H3/b7-6+,21-15-. The minimum atomic E-state index is 0.414. The smallest absolute Gasteiger partial charge is 0.141 e. The van der Waals surface area contributed by atoms with Crippen LogP contribution in [0.15, 0.2) is 34.8 Å². The van der Waals surface area contributed by atoms with Crippen molar-refractivity contribution in [3.63, 3.8) is 0 Å². The van der Waals surface area contributed by atoms with E-state index in [0.717, 1.165) is 39.0 Å². The van der Waals surface area contributed by atoms with Crippen LogP contribution in [0.5, 0.6) is 11.5 Å². The van der Waals surface area contributed by atoms with Crippen molar-refractivity contribution in [3.8, 4) is 11.5 Å². The maximum absolute atomic E-state index is 5.99. The zero-order chi connectivity index (χ0) is 18.2. The van der Waals surface area contributed by atoms with Gasteiger partial charge in [0.15, 0.2) is 0 Å². The van der Waals surface area contributed by atoms with Gasteiger partial charge in [-0.15, -0.1) is 11.3 Å². The Labute approximate surface area is 152 Å². The summed E-state index contributed by atoms with van der Waals surface area (Å²) in [5.41, 5.74) is 3.72. The fourth-order valence-electron chi connectivity index (χ4n) is 2.32. The van der Waals surface area contributed by atoms with Crippen LogP contribution in [0.4, 0.5) is 0 Å². The molecule has 1 heterocycles. The van der Waals surface area contributed by atoms with E-state index in [2.05, 4.69) is 10.1 Å². The van der Waals surface area contributed by atoms with Crippen LogP contribution >= 0.6 is 11.3 Å². The van der Waals surface area contributed by atoms with Crippen LogP contribution in [0.2, 0.25) is 0 Å². The zero-order valence-corrected chi connectivity index (χ0v) is 16.1. The monoisotopic (exact) mass is 360 g/mol. The average Bonchev–Trinajstić information content (AvgIpc) is 3.04. The molecule has 0 saturated carbocycles. The molecule has 6 heteroatoms. The summed E-state index contributed by atoms with van der Waals surface area (Å²) in [5, 5.41) is 6.71. The SMILES string of the molecule is C/C=C/COc1cc(C)c(OCc2csc(/C(C)=N\OC)n2)c(C)c1. The number of hydrogen-bond acceptors (Lipinski definition) is 6. The number of benzene rings is 1. The number of nitrogens with zero attached hydrogens (tertiary/aromatic N) is 2. The van der Waals surface area contributed by atoms with Crippen LogP contribution in [0, 0.1) is 13.8 Å². The third kappa shape index (κ3) is 5.32. The summed E-state index contributed by atoms with van der Waals surface area (Å²) in [6.07, 6.45) is 3.95. The maximum Gasteiger partial charge on any atom is 0.141 e. The molecule has 0 aliphatic carbocycles. The van der Waals surface area contributed by atoms with Gasteiger partial charge in [-0.3, -0.25) is 0 Å². The second kappa shape index (κ2) is 9.22. The highest BCUT2D eigenvalue weighted by Gasteiger charge is 2.10. The highest BCUT2D eigenvalue weighted by atomic mass is 32.1. The van der Waals surface area contributed by atoms with E-state index in [1.165, 1.54) is 18.4 Å². The normalized spacial score (nSPS) is 11.8. The molecule has 5 nitrogen and oxygen atoms in total. The first-order valence-electron chi connectivity index (χ1n) is 8.05. The van der Waals surface area contributed by atoms with Gasteiger partial charge in [-0.2, -0.15) is 0 Å². The van der Waals surface area contributed by atoms with Crippen molar-refractivity contribution in [2.75, 3.05) is 13.7 Å². The lowest BCUT2D eigenvalue weighted by molar-refractivity contribution is 0.213. The second-order valence-corrected chi connectivity index (χ2v) is 6.42. The van der Waals surface area contributed by atoms with Gasteiger partial charge in [-0.05, 0) is 51.0 Å². The lowest BCUT2D eigenvalue weighted by Crippen LogP contribution is -2.02. The van der Waals surface area contributed by atoms with Crippen LogP contribution < -0.4 is 9.47 Å². The summed E-state index contributed by atoms with van der Waals surface area (Å²) in [5.74, 6) is 1.72. The van der Waals surface area contributed by atoms with Crippen molar-refractivity contribution in [1.29, 1.82) is 0 Å². The van der Waals surface area contributed by atoms with Crippen LogP contribution in [-0.4, -0.2) is 24.4 Å². The maximum atomic E-state index is 5.99. The van der Waals surface area contributed by atoms with Gasteiger partial charge >= 0.3 is 0 Å². The number of aryl methyl sites for hydroxylation is 2. The summed E-state index contributed by atoms with van der Waals surface area (Å²) in [6.45, 7) is 8.87. The minimum absolute atomic E-state index is 0.414. The molecule has 0 aliphatic rings. The fourth-order valence-corrected chi connectivity index (χ4v) is 3.07. The van der Waals surface area contributed by atoms with E-state index in [0.29, 0.717) is 13.2 Å². The third-order valence-corrected chi connectivity index (χ3v) is 4.47. The molecule has 0 saturated heterocycles. The number of allylic oxidation sites excluding steroid dienone is 1. The Kier molecular flexibility index (Phi) is 7.01. The number of rotatable bonds is 8. The van der Waals surface area contributed by atoms with E-state index in [1.807, 2.05) is 57.4 Å². The molecule has 1 aromatic heterocycles. The van der Waals surface area contributed by atoms with Crippen molar-refractivity contribution in [2.45, 2.75) is 34.3 Å². The van der Waals surface area contributed by atoms with Crippen molar-refractivity contribution >= 4 is 17.0 Å². The summed E-state index contributed by atoms with van der Waals surface area (Å²) in [7, 11) is 1.53. The molecule has 0 bridgehead atoms.